The molecule has 1 aromatic rings. The maximum Gasteiger partial charge on any atom is 0.406 e. The van der Waals surface area contributed by atoms with E-state index in [0.29, 0.717) is 18.7 Å². The van der Waals surface area contributed by atoms with Gasteiger partial charge in [0.1, 0.15) is 0 Å². The van der Waals surface area contributed by atoms with Gasteiger partial charge in [-0.25, -0.2) is 0 Å². The van der Waals surface area contributed by atoms with Crippen molar-refractivity contribution in [1.82, 2.24) is 9.55 Å². The SMILES string of the molecule is Cn1cnc([N+](=O)[O-])c1NC1CC(O)C1. The van der Waals surface area contributed by atoms with Gasteiger partial charge in [0.15, 0.2) is 0 Å². The van der Waals surface area contributed by atoms with Gasteiger partial charge in [-0.1, -0.05) is 0 Å². The zero-order chi connectivity index (χ0) is 11.0. The summed E-state index contributed by atoms with van der Waals surface area (Å²) in [6, 6.07) is 0.106. The standard InChI is InChI=1S/C8H12N4O3/c1-11-4-9-7(12(14)15)8(11)10-5-2-6(13)3-5/h4-6,10,13H,2-3H2,1H3. The van der Waals surface area contributed by atoms with Crippen molar-refractivity contribution < 1.29 is 10.0 Å². The molecule has 0 unspecified atom stereocenters. The minimum absolute atomic E-state index is 0.106. The topological polar surface area (TPSA) is 93.2 Å². The molecule has 0 aromatic carbocycles. The molecule has 1 heterocycles. The molecule has 2 rings (SSSR count). The van der Waals surface area contributed by atoms with Gasteiger partial charge < -0.3 is 20.5 Å². The number of anilines is 1. The first-order valence-electron chi connectivity index (χ1n) is 4.68. The second-order valence-corrected chi connectivity index (χ2v) is 3.75. The van der Waals surface area contributed by atoms with Gasteiger partial charge in [-0.2, -0.15) is 0 Å². The predicted octanol–water partition coefficient (Wildman–Crippen LogP) is 0.263. The molecule has 1 aromatic heterocycles. The van der Waals surface area contributed by atoms with Crippen LogP contribution in [0, 0.1) is 10.1 Å². The number of rotatable bonds is 3. The minimum atomic E-state index is -0.516. The van der Waals surface area contributed by atoms with E-state index in [4.69, 9.17) is 5.11 Å². The van der Waals surface area contributed by atoms with Crippen LogP contribution in [0.4, 0.5) is 11.6 Å². The molecule has 1 saturated carbocycles. The lowest BCUT2D eigenvalue weighted by Gasteiger charge is -2.32. The number of nitrogens with zero attached hydrogens (tertiary/aromatic N) is 3. The number of hydrogen-bond acceptors (Lipinski definition) is 5. The zero-order valence-electron chi connectivity index (χ0n) is 8.25. The summed E-state index contributed by atoms with van der Waals surface area (Å²) in [5.74, 6) is 0.232. The van der Waals surface area contributed by atoms with Crippen LogP contribution in [0.3, 0.4) is 0 Å². The van der Waals surface area contributed by atoms with E-state index in [9.17, 15) is 10.1 Å². The van der Waals surface area contributed by atoms with Crippen molar-refractivity contribution in [2.45, 2.75) is 25.0 Å². The highest BCUT2D eigenvalue weighted by Gasteiger charge is 2.30. The summed E-state index contributed by atoms with van der Waals surface area (Å²) in [7, 11) is 1.69. The normalized spacial score (nSPS) is 24.7. The monoisotopic (exact) mass is 212 g/mol. The van der Waals surface area contributed by atoms with Crippen LogP contribution in [0.2, 0.25) is 0 Å². The molecule has 7 nitrogen and oxygen atoms in total. The van der Waals surface area contributed by atoms with Crippen molar-refractivity contribution in [3.63, 3.8) is 0 Å². The van der Waals surface area contributed by atoms with Crippen molar-refractivity contribution >= 4 is 11.6 Å². The van der Waals surface area contributed by atoms with Gasteiger partial charge in [0.05, 0.1) is 6.10 Å². The van der Waals surface area contributed by atoms with E-state index in [2.05, 4.69) is 10.3 Å². The summed E-state index contributed by atoms with van der Waals surface area (Å²) in [6.07, 6.45) is 2.37. The smallest absolute Gasteiger partial charge is 0.393 e. The maximum atomic E-state index is 10.6. The number of nitrogens with one attached hydrogen (secondary N) is 1. The number of aromatic nitrogens is 2. The van der Waals surface area contributed by atoms with Gasteiger partial charge in [0, 0.05) is 13.1 Å². The van der Waals surface area contributed by atoms with Crippen LogP contribution in [0.1, 0.15) is 12.8 Å². The summed E-state index contributed by atoms with van der Waals surface area (Å²) in [5.41, 5.74) is 0. The Balaban J connectivity index is 2.12. The molecule has 2 N–H and O–H groups in total. The van der Waals surface area contributed by atoms with E-state index in [0.717, 1.165) is 0 Å². The molecule has 15 heavy (non-hydrogen) atoms. The molecule has 0 bridgehead atoms. The van der Waals surface area contributed by atoms with Crippen LogP contribution < -0.4 is 5.32 Å². The first kappa shape index (κ1) is 9.91. The molecule has 0 saturated heterocycles. The Kier molecular flexibility index (Phi) is 2.31. The van der Waals surface area contributed by atoms with Crippen LogP contribution in [-0.2, 0) is 7.05 Å². The molecule has 0 spiro atoms. The predicted molar refractivity (Wildman–Crippen MR) is 52.5 cm³/mol. The Hall–Kier alpha value is -1.63. The molecule has 0 radical (unpaired) electrons. The zero-order valence-corrected chi connectivity index (χ0v) is 8.25. The van der Waals surface area contributed by atoms with Crippen molar-refractivity contribution in [2.75, 3.05) is 5.32 Å². The van der Waals surface area contributed by atoms with Crippen molar-refractivity contribution in [1.29, 1.82) is 0 Å². The Bertz CT molecular complexity index is 383. The van der Waals surface area contributed by atoms with Crippen LogP contribution in [0.5, 0.6) is 0 Å². The van der Waals surface area contributed by atoms with Gasteiger partial charge in [-0.15, -0.1) is 0 Å². The van der Waals surface area contributed by atoms with E-state index < -0.39 is 4.92 Å². The average Bonchev–Trinajstić information content (AvgIpc) is 2.45. The molecule has 7 heteroatoms. The van der Waals surface area contributed by atoms with E-state index in [1.807, 2.05) is 0 Å². The third-order valence-electron chi connectivity index (χ3n) is 2.54. The quantitative estimate of drug-likeness (QED) is 0.553. The molecule has 1 fully saturated rings. The van der Waals surface area contributed by atoms with Crippen molar-refractivity contribution in [3.8, 4) is 0 Å². The first-order chi connectivity index (χ1) is 7.08. The third-order valence-corrected chi connectivity index (χ3v) is 2.54. The average molecular weight is 212 g/mol. The van der Waals surface area contributed by atoms with Crippen LogP contribution >= 0.6 is 0 Å². The fraction of sp³-hybridized carbons (Fsp3) is 0.625. The van der Waals surface area contributed by atoms with Gasteiger partial charge in [-0.3, -0.25) is 4.57 Å². The molecule has 0 aliphatic heterocycles. The Labute approximate surface area is 85.9 Å². The van der Waals surface area contributed by atoms with Crippen molar-refractivity contribution in [3.05, 3.63) is 16.4 Å². The van der Waals surface area contributed by atoms with Crippen molar-refractivity contribution in [2.24, 2.45) is 7.05 Å². The molecule has 1 aliphatic rings. The lowest BCUT2D eigenvalue weighted by molar-refractivity contribution is -0.388. The highest BCUT2D eigenvalue weighted by atomic mass is 16.6. The number of aryl methyl sites for hydroxylation is 1. The Morgan fingerprint density at radius 2 is 2.40 bits per heavy atom. The molecular formula is C8H12N4O3. The maximum absolute atomic E-state index is 10.6. The third kappa shape index (κ3) is 1.78. The fourth-order valence-electron chi connectivity index (χ4n) is 1.62. The van der Waals surface area contributed by atoms with Gasteiger partial charge in [0.25, 0.3) is 0 Å². The summed E-state index contributed by atoms with van der Waals surface area (Å²) in [4.78, 5) is 13.8. The van der Waals surface area contributed by atoms with Gasteiger partial charge >= 0.3 is 5.82 Å². The summed E-state index contributed by atoms with van der Waals surface area (Å²) < 4.78 is 1.57. The summed E-state index contributed by atoms with van der Waals surface area (Å²) in [5, 5.41) is 22.7. The van der Waals surface area contributed by atoms with E-state index >= 15 is 0 Å². The van der Waals surface area contributed by atoms with Crippen LogP contribution in [0.25, 0.3) is 0 Å². The highest BCUT2D eigenvalue weighted by molar-refractivity contribution is 5.53. The van der Waals surface area contributed by atoms with Crippen LogP contribution in [-0.4, -0.2) is 31.7 Å². The Morgan fingerprint density at radius 3 is 2.93 bits per heavy atom. The first-order valence-corrected chi connectivity index (χ1v) is 4.68. The minimum Gasteiger partial charge on any atom is -0.393 e. The number of aliphatic hydroxyl groups is 1. The van der Waals surface area contributed by atoms with E-state index in [-0.39, 0.29) is 18.0 Å². The lowest BCUT2D eigenvalue weighted by atomic mass is 9.89. The Morgan fingerprint density at radius 1 is 1.73 bits per heavy atom. The van der Waals surface area contributed by atoms with Gasteiger partial charge in [0.2, 0.25) is 12.1 Å². The largest absolute Gasteiger partial charge is 0.406 e. The molecular weight excluding hydrogens is 200 g/mol. The van der Waals surface area contributed by atoms with E-state index in [1.165, 1.54) is 6.33 Å². The molecule has 82 valence electrons. The lowest BCUT2D eigenvalue weighted by Crippen LogP contribution is -2.39. The summed E-state index contributed by atoms with van der Waals surface area (Å²) in [6.45, 7) is 0. The fourth-order valence-corrected chi connectivity index (χ4v) is 1.62. The molecule has 0 atom stereocenters. The number of nitro groups is 1. The number of imidazole rings is 1. The second kappa shape index (κ2) is 3.50. The summed E-state index contributed by atoms with van der Waals surface area (Å²) >= 11 is 0. The number of hydrogen-bond donors (Lipinski definition) is 2. The number of aliphatic hydroxyl groups excluding tert-OH is 1. The molecule has 0 amide bonds. The molecule has 1 aliphatic carbocycles. The highest BCUT2D eigenvalue weighted by Crippen LogP contribution is 2.28. The second-order valence-electron chi connectivity index (χ2n) is 3.75. The van der Waals surface area contributed by atoms with Gasteiger partial charge in [-0.05, 0) is 22.7 Å². The van der Waals surface area contributed by atoms with Crippen LogP contribution in [0.15, 0.2) is 6.33 Å². The van der Waals surface area contributed by atoms with E-state index in [1.54, 1.807) is 11.6 Å².